The molecule has 5 heteroatoms. The van der Waals surface area contributed by atoms with Gasteiger partial charge in [-0.2, -0.15) is 4.98 Å². The molecule has 3 rings (SSSR count). The van der Waals surface area contributed by atoms with Crippen molar-refractivity contribution in [3.8, 4) is 5.75 Å². The summed E-state index contributed by atoms with van der Waals surface area (Å²) in [6, 6.07) is 12.7. The number of ketones is 1. The first kappa shape index (κ1) is 15.1. The molecular formula is C18H18N2O3. The van der Waals surface area contributed by atoms with E-state index in [4.69, 9.17) is 4.42 Å². The average molecular weight is 310 g/mol. The minimum Gasteiger partial charge on any atom is -0.506 e. The molecule has 5 nitrogen and oxygen atoms in total. The smallest absolute Gasteiger partial charge is 0.300 e. The zero-order valence-corrected chi connectivity index (χ0v) is 13.0. The highest BCUT2D eigenvalue weighted by atomic mass is 16.4. The van der Waals surface area contributed by atoms with Gasteiger partial charge < -0.3 is 14.8 Å². The molecule has 0 radical (unpaired) electrons. The molecule has 2 aromatic carbocycles. The van der Waals surface area contributed by atoms with E-state index < -0.39 is 0 Å². The lowest BCUT2D eigenvalue weighted by atomic mass is 10.0. The van der Waals surface area contributed by atoms with Gasteiger partial charge in [-0.05, 0) is 29.8 Å². The molecule has 0 saturated carbocycles. The second-order valence-electron chi connectivity index (χ2n) is 5.76. The van der Waals surface area contributed by atoms with Crippen molar-refractivity contribution in [2.24, 2.45) is 5.92 Å². The normalized spacial score (nSPS) is 11.1. The van der Waals surface area contributed by atoms with Crippen molar-refractivity contribution in [1.29, 1.82) is 0 Å². The maximum absolute atomic E-state index is 11.8. The Balaban J connectivity index is 1.85. The molecule has 0 aliphatic carbocycles. The Morgan fingerprint density at radius 3 is 2.78 bits per heavy atom. The average Bonchev–Trinajstić information content (AvgIpc) is 2.91. The molecule has 0 fully saturated rings. The zero-order valence-electron chi connectivity index (χ0n) is 13.0. The number of para-hydroxylation sites is 2. The first-order chi connectivity index (χ1) is 11.0. The van der Waals surface area contributed by atoms with Crippen LogP contribution in [0.2, 0.25) is 0 Å². The number of aromatic hydroxyl groups is 1. The van der Waals surface area contributed by atoms with E-state index >= 15 is 0 Å². The highest BCUT2D eigenvalue weighted by molar-refractivity contribution is 5.84. The Morgan fingerprint density at radius 2 is 2.04 bits per heavy atom. The molecule has 23 heavy (non-hydrogen) atoms. The lowest BCUT2D eigenvalue weighted by molar-refractivity contribution is -0.121. The summed E-state index contributed by atoms with van der Waals surface area (Å²) in [5, 5.41) is 12.7. The fourth-order valence-electron chi connectivity index (χ4n) is 2.23. The Kier molecular flexibility index (Phi) is 4.02. The molecule has 0 saturated heterocycles. The fraction of sp³-hybridized carbons (Fsp3) is 0.222. The molecule has 1 aromatic heterocycles. The van der Waals surface area contributed by atoms with Crippen molar-refractivity contribution in [3.63, 3.8) is 0 Å². The second kappa shape index (κ2) is 6.12. The van der Waals surface area contributed by atoms with Gasteiger partial charge in [0, 0.05) is 12.3 Å². The van der Waals surface area contributed by atoms with E-state index in [1.54, 1.807) is 24.3 Å². The summed E-state index contributed by atoms with van der Waals surface area (Å²) < 4.78 is 5.67. The number of oxazole rings is 1. The Bertz CT molecular complexity index is 852. The van der Waals surface area contributed by atoms with E-state index in [0.717, 1.165) is 5.56 Å². The van der Waals surface area contributed by atoms with Crippen molar-refractivity contribution in [1.82, 2.24) is 4.98 Å². The number of carbonyl (C=O) groups is 1. The number of benzene rings is 2. The number of hydrogen-bond donors (Lipinski definition) is 2. The number of fused-ring (bicyclic) bond motifs is 1. The molecule has 0 spiro atoms. The van der Waals surface area contributed by atoms with E-state index in [-0.39, 0.29) is 17.5 Å². The van der Waals surface area contributed by atoms with Crippen LogP contribution in [0.25, 0.3) is 11.1 Å². The standard InChI is InChI=1S/C18H18N2O3/c1-11(2)16(22)9-12-7-8-14-17(10-12)23-18(20-14)19-13-5-3-4-6-15(13)21/h3-8,10-11,21H,9H2,1-2H3,(H,19,20). The van der Waals surface area contributed by atoms with Crippen LogP contribution in [-0.2, 0) is 11.2 Å². The third-order valence-electron chi connectivity index (χ3n) is 3.62. The molecular weight excluding hydrogens is 292 g/mol. The molecule has 2 N–H and O–H groups in total. The van der Waals surface area contributed by atoms with Crippen molar-refractivity contribution < 1.29 is 14.3 Å². The number of carbonyl (C=O) groups excluding carboxylic acids is 1. The summed E-state index contributed by atoms with van der Waals surface area (Å²) in [6.45, 7) is 3.79. The SMILES string of the molecule is CC(C)C(=O)Cc1ccc2nc(Nc3ccccc3O)oc2c1. The predicted molar refractivity (Wildman–Crippen MR) is 88.9 cm³/mol. The molecule has 0 unspecified atom stereocenters. The third-order valence-corrected chi connectivity index (χ3v) is 3.62. The molecule has 118 valence electrons. The van der Waals surface area contributed by atoms with Crippen LogP contribution in [0, 0.1) is 5.92 Å². The van der Waals surface area contributed by atoms with Crippen LogP contribution >= 0.6 is 0 Å². The Labute approximate surface area is 134 Å². The van der Waals surface area contributed by atoms with Gasteiger partial charge in [-0.25, -0.2) is 0 Å². The number of aromatic nitrogens is 1. The van der Waals surface area contributed by atoms with Crippen LogP contribution in [0.15, 0.2) is 46.9 Å². The first-order valence-corrected chi connectivity index (χ1v) is 7.50. The van der Waals surface area contributed by atoms with Crippen molar-refractivity contribution >= 4 is 28.6 Å². The molecule has 0 atom stereocenters. The van der Waals surface area contributed by atoms with Gasteiger partial charge in [0.25, 0.3) is 6.01 Å². The summed E-state index contributed by atoms with van der Waals surface area (Å²) in [6.07, 6.45) is 0.385. The maximum atomic E-state index is 11.8. The van der Waals surface area contributed by atoms with Crippen LogP contribution in [0.1, 0.15) is 19.4 Å². The van der Waals surface area contributed by atoms with Gasteiger partial charge in [0.2, 0.25) is 0 Å². The lowest BCUT2D eigenvalue weighted by Crippen LogP contribution is -2.09. The molecule has 0 aliphatic heterocycles. The van der Waals surface area contributed by atoms with Gasteiger partial charge in [0.05, 0.1) is 5.69 Å². The summed E-state index contributed by atoms with van der Waals surface area (Å²) in [4.78, 5) is 16.2. The van der Waals surface area contributed by atoms with Gasteiger partial charge in [-0.15, -0.1) is 0 Å². The number of anilines is 2. The minimum absolute atomic E-state index is 0.0127. The van der Waals surface area contributed by atoms with Crippen LogP contribution in [0.5, 0.6) is 5.75 Å². The number of hydrogen-bond acceptors (Lipinski definition) is 5. The second-order valence-corrected chi connectivity index (χ2v) is 5.76. The molecule has 0 amide bonds. The van der Waals surface area contributed by atoms with Crippen molar-refractivity contribution in [3.05, 3.63) is 48.0 Å². The largest absolute Gasteiger partial charge is 0.506 e. The zero-order chi connectivity index (χ0) is 16.4. The van der Waals surface area contributed by atoms with Crippen LogP contribution < -0.4 is 5.32 Å². The van der Waals surface area contributed by atoms with Gasteiger partial charge in [-0.1, -0.05) is 32.0 Å². The summed E-state index contributed by atoms with van der Waals surface area (Å²) in [5.41, 5.74) is 2.73. The number of phenols is 1. The Hall–Kier alpha value is -2.82. The van der Waals surface area contributed by atoms with Gasteiger partial charge in [-0.3, -0.25) is 4.79 Å². The number of Topliss-reactive ketones (excluding diaryl/α,β-unsaturated/α-hetero) is 1. The fourth-order valence-corrected chi connectivity index (χ4v) is 2.23. The predicted octanol–water partition coefficient (Wildman–Crippen LogP) is 4.04. The van der Waals surface area contributed by atoms with E-state index in [2.05, 4.69) is 10.3 Å². The summed E-state index contributed by atoms with van der Waals surface area (Å²) in [7, 11) is 0. The summed E-state index contributed by atoms with van der Waals surface area (Å²) in [5.74, 6) is 0.327. The van der Waals surface area contributed by atoms with Gasteiger partial charge in [0.15, 0.2) is 5.58 Å². The highest BCUT2D eigenvalue weighted by Crippen LogP contribution is 2.28. The number of rotatable bonds is 5. The maximum Gasteiger partial charge on any atom is 0.300 e. The van der Waals surface area contributed by atoms with E-state index in [1.807, 2.05) is 32.0 Å². The van der Waals surface area contributed by atoms with Crippen LogP contribution in [0.3, 0.4) is 0 Å². The van der Waals surface area contributed by atoms with Crippen LogP contribution in [-0.4, -0.2) is 15.9 Å². The molecule has 1 heterocycles. The van der Waals surface area contributed by atoms with Gasteiger partial charge in [0.1, 0.15) is 17.0 Å². The van der Waals surface area contributed by atoms with E-state index in [9.17, 15) is 9.90 Å². The highest BCUT2D eigenvalue weighted by Gasteiger charge is 2.12. The van der Waals surface area contributed by atoms with E-state index in [0.29, 0.717) is 29.2 Å². The quantitative estimate of drug-likeness (QED) is 0.695. The number of nitrogens with zero attached hydrogens (tertiary/aromatic N) is 1. The third kappa shape index (κ3) is 3.34. The molecule has 0 bridgehead atoms. The monoisotopic (exact) mass is 310 g/mol. The topological polar surface area (TPSA) is 75.4 Å². The minimum atomic E-state index is 0.0127. The number of nitrogens with one attached hydrogen (secondary N) is 1. The van der Waals surface area contributed by atoms with Crippen LogP contribution in [0.4, 0.5) is 11.7 Å². The first-order valence-electron chi connectivity index (χ1n) is 7.50. The molecule has 3 aromatic rings. The number of phenolic OH excluding ortho intramolecular Hbond substituents is 1. The molecule has 0 aliphatic rings. The van der Waals surface area contributed by atoms with Crippen molar-refractivity contribution in [2.45, 2.75) is 20.3 Å². The van der Waals surface area contributed by atoms with Gasteiger partial charge >= 0.3 is 0 Å². The van der Waals surface area contributed by atoms with Crippen molar-refractivity contribution in [2.75, 3.05) is 5.32 Å². The van der Waals surface area contributed by atoms with E-state index in [1.165, 1.54) is 0 Å². The lowest BCUT2D eigenvalue weighted by Gasteiger charge is -2.03. The Morgan fingerprint density at radius 1 is 1.26 bits per heavy atom. The summed E-state index contributed by atoms with van der Waals surface area (Å²) >= 11 is 0.